The molecule has 0 atom stereocenters. The van der Waals surface area contributed by atoms with Crippen LogP contribution in [-0.2, 0) is 4.79 Å². The third kappa shape index (κ3) is 9.06. The first-order chi connectivity index (χ1) is 30.6. The summed E-state index contributed by atoms with van der Waals surface area (Å²) >= 11 is 0. The van der Waals surface area contributed by atoms with Crippen molar-refractivity contribution < 1.29 is 4.79 Å². The van der Waals surface area contributed by atoms with Gasteiger partial charge in [0, 0.05) is 66.8 Å². The van der Waals surface area contributed by atoms with Crippen molar-refractivity contribution in [3.63, 3.8) is 0 Å². The van der Waals surface area contributed by atoms with Crippen LogP contribution in [0.15, 0.2) is 218 Å². The Kier molecular flexibility index (Phi) is 11.5. The Morgan fingerprint density at radius 3 is 0.581 bits per heavy atom. The van der Waals surface area contributed by atoms with Crippen LogP contribution in [0.25, 0.3) is 22.3 Å². The molecule has 0 fully saturated rings. The Morgan fingerprint density at radius 2 is 0.371 bits per heavy atom. The molecule has 0 aliphatic heterocycles. The Hall–Kier alpha value is -8.85. The highest BCUT2D eigenvalue weighted by Crippen LogP contribution is 2.49. The van der Waals surface area contributed by atoms with Gasteiger partial charge in [0.05, 0.1) is 0 Å². The maximum absolute atomic E-state index is 15.3. The number of allylic oxidation sites excluding steroid dienone is 4. The second-order valence-corrected chi connectivity index (χ2v) is 14.6. The Bertz CT molecular complexity index is 2990. The van der Waals surface area contributed by atoms with Crippen LogP contribution in [0.2, 0.25) is 0 Å². The predicted octanol–water partition coefficient (Wildman–Crippen LogP) is 12.4. The summed E-state index contributed by atoms with van der Waals surface area (Å²) < 4.78 is 0. The van der Waals surface area contributed by atoms with E-state index in [0.29, 0.717) is 11.1 Å². The fourth-order valence-electron chi connectivity index (χ4n) is 7.27. The molecule has 286 valence electrons. The van der Waals surface area contributed by atoms with Gasteiger partial charge in [0.1, 0.15) is 0 Å². The normalized spacial score (nSPS) is 11.6. The molecular weight excluding hydrogens is 749 g/mol. The largest absolute Gasteiger partial charge is 0.289 e. The third-order valence-corrected chi connectivity index (χ3v) is 10.4. The Balaban J connectivity index is 1.18. The first-order valence-corrected chi connectivity index (χ1v) is 20.4. The van der Waals surface area contributed by atoms with E-state index in [9.17, 15) is 0 Å². The first-order valence-electron chi connectivity index (χ1n) is 20.4. The molecule has 1 heteroatoms. The molecule has 1 aliphatic rings. The lowest BCUT2D eigenvalue weighted by Gasteiger charge is -2.14. The van der Waals surface area contributed by atoms with Gasteiger partial charge in [0.15, 0.2) is 5.78 Å². The van der Waals surface area contributed by atoms with Crippen LogP contribution in [0.5, 0.6) is 0 Å². The lowest BCUT2D eigenvalue weighted by molar-refractivity contribution is -0.108. The topological polar surface area (TPSA) is 17.1 Å². The fourth-order valence-corrected chi connectivity index (χ4v) is 7.27. The van der Waals surface area contributed by atoms with Crippen LogP contribution in [0.4, 0.5) is 0 Å². The zero-order valence-corrected chi connectivity index (χ0v) is 33.7. The minimum atomic E-state index is -0.0536. The van der Waals surface area contributed by atoms with Crippen molar-refractivity contribution in [3.05, 3.63) is 285 Å². The summed E-state index contributed by atoms with van der Waals surface area (Å²) in [6.07, 6.45) is 0. The van der Waals surface area contributed by atoms with Gasteiger partial charge in [-0.15, -0.1) is 0 Å². The Morgan fingerprint density at radius 1 is 0.194 bits per heavy atom. The number of hydrogen-bond acceptors (Lipinski definition) is 1. The van der Waals surface area contributed by atoms with E-state index in [1.54, 1.807) is 0 Å². The number of hydrogen-bond donors (Lipinski definition) is 0. The van der Waals surface area contributed by atoms with Gasteiger partial charge in [-0.1, -0.05) is 169 Å². The minimum absolute atomic E-state index is 0.0536. The number of carbonyl (C=O) groups excluding carboxylic acids is 1. The van der Waals surface area contributed by atoms with Crippen molar-refractivity contribution in [2.75, 3.05) is 0 Å². The van der Waals surface area contributed by atoms with E-state index >= 15 is 4.79 Å². The maximum Gasteiger partial charge on any atom is 0.195 e. The van der Waals surface area contributed by atoms with Gasteiger partial charge in [-0.3, -0.25) is 4.79 Å². The van der Waals surface area contributed by atoms with Crippen molar-refractivity contribution in [3.8, 4) is 47.4 Å². The van der Waals surface area contributed by atoms with Gasteiger partial charge in [-0.25, -0.2) is 0 Å². The predicted molar refractivity (Wildman–Crippen MR) is 254 cm³/mol. The molecule has 8 aromatic rings. The van der Waals surface area contributed by atoms with Crippen LogP contribution >= 0.6 is 0 Å². The average Bonchev–Trinajstić information content (AvgIpc) is 3.65. The van der Waals surface area contributed by atoms with Crippen molar-refractivity contribution in [2.24, 2.45) is 0 Å². The highest BCUT2D eigenvalue weighted by Gasteiger charge is 2.35. The standard InChI is InChI=1S/C61H36O/c62-61-59(55-41-33-51(34-42-55)27-23-47-17-9-3-10-18-47)57(53-37-29-49(30-38-53)25-21-45-13-5-1-6-14-45)58(54-39-31-50(32-40-54)26-22-46-15-7-2-8-16-46)60(61)56-43-35-52(36-44-56)28-24-48-19-11-4-12-20-48/h1-20,29-44H. The molecule has 0 N–H and O–H groups in total. The van der Waals surface area contributed by atoms with E-state index in [0.717, 1.165) is 77.9 Å². The second kappa shape index (κ2) is 18.4. The molecule has 0 spiro atoms. The monoisotopic (exact) mass is 784 g/mol. The molecule has 62 heavy (non-hydrogen) atoms. The molecule has 0 amide bonds. The lowest BCUT2D eigenvalue weighted by Crippen LogP contribution is -2.02. The van der Waals surface area contributed by atoms with E-state index in [-0.39, 0.29) is 5.78 Å². The van der Waals surface area contributed by atoms with E-state index in [1.165, 1.54) is 0 Å². The van der Waals surface area contributed by atoms with E-state index in [1.807, 2.05) is 194 Å². The quantitative estimate of drug-likeness (QED) is 0.162. The summed E-state index contributed by atoms with van der Waals surface area (Å²) in [6.45, 7) is 0. The molecule has 1 nitrogen and oxygen atoms in total. The van der Waals surface area contributed by atoms with E-state index in [2.05, 4.69) is 71.6 Å². The number of Topliss-reactive ketones (excluding diaryl/α,β-unsaturated/α-hetero) is 1. The van der Waals surface area contributed by atoms with Crippen LogP contribution in [0, 0.1) is 47.4 Å². The van der Waals surface area contributed by atoms with Gasteiger partial charge in [0.25, 0.3) is 0 Å². The average molecular weight is 785 g/mol. The van der Waals surface area contributed by atoms with Gasteiger partial charge < -0.3 is 0 Å². The summed E-state index contributed by atoms with van der Waals surface area (Å²) in [7, 11) is 0. The van der Waals surface area contributed by atoms with Crippen LogP contribution < -0.4 is 0 Å². The minimum Gasteiger partial charge on any atom is -0.289 e. The zero-order valence-electron chi connectivity index (χ0n) is 33.7. The fraction of sp³-hybridized carbons (Fsp3) is 0. The Labute approximate surface area is 363 Å². The van der Waals surface area contributed by atoms with Crippen LogP contribution in [0.3, 0.4) is 0 Å². The maximum atomic E-state index is 15.3. The lowest BCUT2D eigenvalue weighted by atomic mass is 9.88. The second-order valence-electron chi connectivity index (χ2n) is 14.6. The van der Waals surface area contributed by atoms with Crippen molar-refractivity contribution in [1.29, 1.82) is 0 Å². The smallest absolute Gasteiger partial charge is 0.195 e. The summed E-state index contributed by atoms with van der Waals surface area (Å²) in [5.41, 5.74) is 13.7. The van der Waals surface area contributed by atoms with Crippen LogP contribution in [0.1, 0.15) is 66.8 Å². The summed E-state index contributed by atoms with van der Waals surface area (Å²) in [5, 5.41) is 0. The molecule has 9 rings (SSSR count). The van der Waals surface area contributed by atoms with Crippen molar-refractivity contribution >= 4 is 28.1 Å². The number of rotatable bonds is 4. The molecule has 1 aliphatic carbocycles. The van der Waals surface area contributed by atoms with Gasteiger partial charge >= 0.3 is 0 Å². The number of benzene rings is 8. The van der Waals surface area contributed by atoms with Gasteiger partial charge in [-0.05, 0) is 119 Å². The molecule has 0 heterocycles. The zero-order chi connectivity index (χ0) is 41.9. The summed E-state index contributed by atoms with van der Waals surface area (Å²) in [6, 6.07) is 72.2. The van der Waals surface area contributed by atoms with E-state index < -0.39 is 0 Å². The first kappa shape index (κ1) is 38.7. The molecular formula is C61H36O. The summed E-state index contributed by atoms with van der Waals surface area (Å²) in [5.74, 6) is 26.2. The summed E-state index contributed by atoms with van der Waals surface area (Å²) in [4.78, 5) is 15.3. The van der Waals surface area contributed by atoms with E-state index in [4.69, 9.17) is 0 Å². The highest BCUT2D eigenvalue weighted by molar-refractivity contribution is 6.59. The number of carbonyl (C=O) groups is 1. The van der Waals surface area contributed by atoms with Crippen molar-refractivity contribution in [1.82, 2.24) is 0 Å². The molecule has 0 aromatic heterocycles. The van der Waals surface area contributed by atoms with Gasteiger partial charge in [0.2, 0.25) is 0 Å². The SMILES string of the molecule is O=C1C(c2ccc(C#Cc3ccccc3)cc2)=C(c2ccc(C#Cc3ccccc3)cc2)C(c2ccc(C#Cc3ccccc3)cc2)=C1c1ccc(C#Cc2ccccc2)cc1. The third-order valence-electron chi connectivity index (χ3n) is 10.4. The van der Waals surface area contributed by atoms with Crippen molar-refractivity contribution in [2.45, 2.75) is 0 Å². The molecule has 0 saturated heterocycles. The molecule has 0 unspecified atom stereocenters. The number of ketones is 1. The highest BCUT2D eigenvalue weighted by atomic mass is 16.1. The molecule has 8 aromatic carbocycles. The molecule has 0 bridgehead atoms. The van der Waals surface area contributed by atoms with Crippen LogP contribution in [-0.4, -0.2) is 5.78 Å². The molecule has 0 saturated carbocycles. The molecule has 0 radical (unpaired) electrons. The van der Waals surface area contributed by atoms with Gasteiger partial charge in [-0.2, -0.15) is 0 Å².